The lowest BCUT2D eigenvalue weighted by Crippen LogP contribution is -2.28. The zero-order chi connectivity index (χ0) is 13.4. The highest BCUT2D eigenvalue weighted by Gasteiger charge is 2.03. The van der Waals surface area contributed by atoms with Crippen molar-refractivity contribution in [2.75, 3.05) is 13.2 Å². The molecule has 0 radical (unpaired) electrons. The lowest BCUT2D eigenvalue weighted by Gasteiger charge is -2.02. The van der Waals surface area contributed by atoms with Gasteiger partial charge < -0.3 is 10.1 Å². The number of carbonyl (C=O) groups excluding carboxylic acids is 2. The highest BCUT2D eigenvalue weighted by molar-refractivity contribution is 6.32. The van der Waals surface area contributed by atoms with Gasteiger partial charge >= 0.3 is 5.97 Å². The second-order valence-electron chi connectivity index (χ2n) is 3.42. The van der Waals surface area contributed by atoms with Crippen LogP contribution in [0.1, 0.15) is 12.5 Å². The van der Waals surface area contributed by atoms with Gasteiger partial charge in [0.05, 0.1) is 0 Å². The number of rotatable bonds is 5. The molecule has 0 spiro atoms. The normalized spacial score (nSPS) is 10.3. The van der Waals surface area contributed by atoms with Crippen LogP contribution in [-0.2, 0) is 14.3 Å². The molecule has 1 aromatic carbocycles. The minimum absolute atomic E-state index is 0.278. The molecule has 0 unspecified atom stereocenters. The largest absolute Gasteiger partial charge is 0.452 e. The van der Waals surface area contributed by atoms with Gasteiger partial charge in [-0.3, -0.25) is 4.79 Å². The fourth-order valence-corrected chi connectivity index (χ4v) is 1.40. The molecule has 0 saturated carbocycles. The van der Waals surface area contributed by atoms with Gasteiger partial charge in [0.1, 0.15) is 0 Å². The Balaban J connectivity index is 2.45. The van der Waals surface area contributed by atoms with Crippen LogP contribution < -0.4 is 5.32 Å². The maximum Gasteiger partial charge on any atom is 0.331 e. The van der Waals surface area contributed by atoms with Crippen LogP contribution in [0.4, 0.5) is 0 Å². The molecule has 0 fully saturated rings. The van der Waals surface area contributed by atoms with E-state index in [0.29, 0.717) is 17.1 Å². The van der Waals surface area contributed by atoms with Crippen LogP contribution >= 0.6 is 11.6 Å². The Kier molecular flexibility index (Phi) is 5.94. The number of amides is 1. The molecule has 5 heteroatoms. The molecule has 0 aromatic heterocycles. The molecular formula is C13H14ClNO3. The molecule has 0 heterocycles. The second kappa shape index (κ2) is 7.50. The van der Waals surface area contributed by atoms with E-state index in [-0.39, 0.29) is 12.5 Å². The van der Waals surface area contributed by atoms with Crippen LogP contribution in [0.15, 0.2) is 30.3 Å². The molecule has 4 nitrogen and oxygen atoms in total. The van der Waals surface area contributed by atoms with E-state index in [0.717, 1.165) is 0 Å². The van der Waals surface area contributed by atoms with E-state index in [1.807, 2.05) is 6.07 Å². The van der Waals surface area contributed by atoms with Crippen molar-refractivity contribution in [1.29, 1.82) is 0 Å². The lowest BCUT2D eigenvalue weighted by molar-refractivity contribution is -0.143. The average molecular weight is 268 g/mol. The molecule has 0 aliphatic heterocycles. The Labute approximate surface area is 111 Å². The SMILES string of the molecule is CCNC(=O)COC(=O)/C=C/c1ccccc1Cl. The van der Waals surface area contributed by atoms with Crippen molar-refractivity contribution in [3.8, 4) is 0 Å². The molecule has 1 rings (SSSR count). The number of benzene rings is 1. The van der Waals surface area contributed by atoms with E-state index < -0.39 is 5.97 Å². The van der Waals surface area contributed by atoms with E-state index in [1.54, 1.807) is 31.2 Å². The summed E-state index contributed by atoms with van der Waals surface area (Å²) >= 11 is 5.91. The molecule has 1 amide bonds. The maximum absolute atomic E-state index is 11.3. The first kappa shape index (κ1) is 14.3. The molecule has 96 valence electrons. The van der Waals surface area contributed by atoms with Gasteiger partial charge in [0.25, 0.3) is 5.91 Å². The topological polar surface area (TPSA) is 55.4 Å². The van der Waals surface area contributed by atoms with Crippen molar-refractivity contribution in [2.45, 2.75) is 6.92 Å². The Bertz CT molecular complexity index is 457. The monoisotopic (exact) mass is 267 g/mol. The third-order valence-corrected chi connectivity index (χ3v) is 2.37. The Morgan fingerprint density at radius 3 is 2.78 bits per heavy atom. The number of halogens is 1. The van der Waals surface area contributed by atoms with Crippen molar-refractivity contribution in [1.82, 2.24) is 5.32 Å². The standard InChI is InChI=1S/C13H14ClNO3/c1-2-15-12(16)9-18-13(17)8-7-10-5-3-4-6-11(10)14/h3-8H,2,9H2,1H3,(H,15,16)/b8-7+. The predicted octanol–water partition coefficient (Wildman–Crippen LogP) is 2.03. The number of likely N-dealkylation sites (N-methyl/N-ethyl adjacent to an activating group) is 1. The summed E-state index contributed by atoms with van der Waals surface area (Å²) in [7, 11) is 0. The maximum atomic E-state index is 11.3. The summed E-state index contributed by atoms with van der Waals surface area (Å²) < 4.78 is 4.74. The number of hydrogen-bond donors (Lipinski definition) is 1. The summed E-state index contributed by atoms with van der Waals surface area (Å²) in [4.78, 5) is 22.3. The minimum atomic E-state index is -0.582. The molecule has 0 bridgehead atoms. The first-order chi connectivity index (χ1) is 8.63. The summed E-state index contributed by atoms with van der Waals surface area (Å²) in [6.45, 7) is 2.02. The summed E-state index contributed by atoms with van der Waals surface area (Å²) in [5, 5.41) is 3.07. The molecule has 0 aliphatic rings. The van der Waals surface area contributed by atoms with E-state index in [9.17, 15) is 9.59 Å². The Hall–Kier alpha value is -1.81. The fraction of sp³-hybridized carbons (Fsp3) is 0.231. The average Bonchev–Trinajstić information content (AvgIpc) is 2.36. The highest BCUT2D eigenvalue weighted by Crippen LogP contribution is 2.16. The fourth-order valence-electron chi connectivity index (χ4n) is 1.20. The summed E-state index contributed by atoms with van der Waals surface area (Å²) in [6.07, 6.45) is 2.78. The van der Waals surface area contributed by atoms with Gasteiger partial charge in [-0.05, 0) is 24.6 Å². The van der Waals surface area contributed by atoms with Gasteiger partial charge in [-0.15, -0.1) is 0 Å². The van der Waals surface area contributed by atoms with Gasteiger partial charge in [-0.1, -0.05) is 29.8 Å². The molecular weight excluding hydrogens is 254 g/mol. The third kappa shape index (κ3) is 5.01. The quantitative estimate of drug-likeness (QED) is 0.656. The van der Waals surface area contributed by atoms with Crippen LogP contribution in [-0.4, -0.2) is 25.0 Å². The number of ether oxygens (including phenoxy) is 1. The summed E-state index contributed by atoms with van der Waals surface area (Å²) in [6, 6.07) is 7.11. The van der Waals surface area contributed by atoms with Crippen LogP contribution in [0.5, 0.6) is 0 Å². The number of carbonyl (C=O) groups is 2. The van der Waals surface area contributed by atoms with Crippen molar-refractivity contribution < 1.29 is 14.3 Å². The van der Waals surface area contributed by atoms with Crippen LogP contribution in [0.25, 0.3) is 6.08 Å². The molecule has 1 N–H and O–H groups in total. The van der Waals surface area contributed by atoms with Crippen LogP contribution in [0.3, 0.4) is 0 Å². The highest BCUT2D eigenvalue weighted by atomic mass is 35.5. The van der Waals surface area contributed by atoms with Gasteiger partial charge in [0, 0.05) is 17.6 Å². The molecule has 0 aliphatic carbocycles. The van der Waals surface area contributed by atoms with Crippen molar-refractivity contribution in [3.63, 3.8) is 0 Å². The Morgan fingerprint density at radius 2 is 2.11 bits per heavy atom. The summed E-state index contributed by atoms with van der Waals surface area (Å²) in [5.41, 5.74) is 0.717. The number of nitrogens with one attached hydrogen (secondary N) is 1. The van der Waals surface area contributed by atoms with Gasteiger partial charge in [-0.25, -0.2) is 4.79 Å². The van der Waals surface area contributed by atoms with Gasteiger partial charge in [0.2, 0.25) is 0 Å². The Morgan fingerprint density at radius 1 is 1.39 bits per heavy atom. The van der Waals surface area contributed by atoms with Crippen LogP contribution in [0, 0.1) is 0 Å². The van der Waals surface area contributed by atoms with Crippen molar-refractivity contribution in [2.24, 2.45) is 0 Å². The summed E-state index contributed by atoms with van der Waals surface area (Å²) in [5.74, 6) is -0.904. The predicted molar refractivity (Wildman–Crippen MR) is 70.1 cm³/mol. The first-order valence-electron chi connectivity index (χ1n) is 5.49. The van der Waals surface area contributed by atoms with Gasteiger partial charge in [-0.2, -0.15) is 0 Å². The van der Waals surface area contributed by atoms with Crippen molar-refractivity contribution in [3.05, 3.63) is 40.9 Å². The van der Waals surface area contributed by atoms with E-state index in [1.165, 1.54) is 6.08 Å². The number of esters is 1. The van der Waals surface area contributed by atoms with Gasteiger partial charge in [0.15, 0.2) is 6.61 Å². The smallest absolute Gasteiger partial charge is 0.331 e. The second-order valence-corrected chi connectivity index (χ2v) is 3.82. The van der Waals surface area contributed by atoms with E-state index in [2.05, 4.69) is 5.32 Å². The van der Waals surface area contributed by atoms with Crippen LogP contribution in [0.2, 0.25) is 5.02 Å². The lowest BCUT2D eigenvalue weighted by atomic mass is 10.2. The first-order valence-corrected chi connectivity index (χ1v) is 5.87. The minimum Gasteiger partial charge on any atom is -0.452 e. The molecule has 0 saturated heterocycles. The van der Waals surface area contributed by atoms with Crippen molar-refractivity contribution >= 4 is 29.6 Å². The molecule has 0 atom stereocenters. The zero-order valence-electron chi connectivity index (χ0n) is 9.98. The zero-order valence-corrected chi connectivity index (χ0v) is 10.7. The third-order valence-electron chi connectivity index (χ3n) is 2.02. The molecule has 18 heavy (non-hydrogen) atoms. The van der Waals surface area contributed by atoms with E-state index in [4.69, 9.17) is 16.3 Å². The number of hydrogen-bond acceptors (Lipinski definition) is 3. The van der Waals surface area contributed by atoms with E-state index >= 15 is 0 Å². The molecule has 1 aromatic rings.